The molecule has 0 N–H and O–H groups in total. The molecule has 2 aromatic rings. The number of rotatable bonds is 2. The third-order valence-electron chi connectivity index (χ3n) is 2.03. The van der Waals surface area contributed by atoms with Crippen molar-refractivity contribution in [2.75, 3.05) is 0 Å². The number of aromatic nitrogens is 2. The first-order valence-electron chi connectivity index (χ1n) is 4.56. The third kappa shape index (κ3) is 2.10. The summed E-state index contributed by atoms with van der Waals surface area (Å²) in [6, 6.07) is 3.60. The normalized spacial score (nSPS) is 10.3. The van der Waals surface area contributed by atoms with Crippen LogP contribution in [0, 0.1) is 13.8 Å². The topological polar surface area (TPSA) is 42.9 Å². The van der Waals surface area contributed by atoms with Crippen LogP contribution in [0.25, 0.3) is 0 Å². The molecule has 2 heterocycles. The molecule has 0 saturated heterocycles. The Morgan fingerprint density at radius 3 is 2.67 bits per heavy atom. The molecule has 15 heavy (non-hydrogen) atoms. The van der Waals surface area contributed by atoms with E-state index in [9.17, 15) is 4.79 Å². The Kier molecular flexibility index (Phi) is 2.60. The number of carbonyl (C=O) groups excluding carboxylic acids is 1. The summed E-state index contributed by atoms with van der Waals surface area (Å²) in [5.74, 6) is -0.0631. The second kappa shape index (κ2) is 3.90. The van der Waals surface area contributed by atoms with Crippen molar-refractivity contribution in [3.63, 3.8) is 0 Å². The molecule has 0 aromatic carbocycles. The van der Waals surface area contributed by atoms with E-state index in [2.05, 4.69) is 9.97 Å². The maximum Gasteiger partial charge on any atom is 0.213 e. The molecule has 2 rings (SSSR count). The maximum absolute atomic E-state index is 11.9. The minimum absolute atomic E-state index is 0.0631. The number of hydrogen-bond donors (Lipinski definition) is 0. The first-order valence-corrected chi connectivity index (χ1v) is 5.44. The Morgan fingerprint density at radius 2 is 2.13 bits per heavy atom. The molecular weight excluding hydrogens is 208 g/mol. The Hall–Kier alpha value is -1.55. The second-order valence-corrected chi connectivity index (χ2v) is 4.33. The summed E-state index contributed by atoms with van der Waals surface area (Å²) in [5.41, 5.74) is 2.00. The van der Waals surface area contributed by atoms with Crippen LogP contribution in [0.1, 0.15) is 26.8 Å². The van der Waals surface area contributed by atoms with Crippen LogP contribution in [-0.4, -0.2) is 15.8 Å². The molecule has 0 radical (unpaired) electrons. The summed E-state index contributed by atoms with van der Waals surface area (Å²) in [5, 5.41) is 2.68. The fourth-order valence-electron chi connectivity index (χ4n) is 1.22. The molecule has 0 unspecified atom stereocenters. The van der Waals surface area contributed by atoms with Gasteiger partial charge in [0.25, 0.3) is 0 Å². The van der Waals surface area contributed by atoms with Gasteiger partial charge in [-0.1, -0.05) is 0 Å². The molecule has 0 fully saturated rings. The highest BCUT2D eigenvalue weighted by Crippen LogP contribution is 2.12. The van der Waals surface area contributed by atoms with E-state index in [0.29, 0.717) is 11.3 Å². The van der Waals surface area contributed by atoms with E-state index in [4.69, 9.17) is 0 Å². The first-order chi connectivity index (χ1) is 7.16. The van der Waals surface area contributed by atoms with Gasteiger partial charge in [0.2, 0.25) is 5.78 Å². The van der Waals surface area contributed by atoms with Crippen LogP contribution in [0.2, 0.25) is 0 Å². The van der Waals surface area contributed by atoms with Gasteiger partial charge >= 0.3 is 0 Å². The van der Waals surface area contributed by atoms with Gasteiger partial charge in [-0.2, -0.15) is 0 Å². The van der Waals surface area contributed by atoms with Crippen molar-refractivity contribution in [2.24, 2.45) is 0 Å². The SMILES string of the molecule is Cc1ccc(C(=O)c2csc(C)n2)cn1. The predicted molar refractivity (Wildman–Crippen MR) is 59.3 cm³/mol. The van der Waals surface area contributed by atoms with Crippen LogP contribution >= 0.6 is 11.3 Å². The molecule has 0 spiro atoms. The monoisotopic (exact) mass is 218 g/mol. The zero-order valence-electron chi connectivity index (χ0n) is 8.52. The lowest BCUT2D eigenvalue weighted by molar-refractivity contribution is 0.103. The van der Waals surface area contributed by atoms with Crippen molar-refractivity contribution < 1.29 is 4.79 Å². The lowest BCUT2D eigenvalue weighted by atomic mass is 10.1. The summed E-state index contributed by atoms with van der Waals surface area (Å²) in [6.07, 6.45) is 1.59. The van der Waals surface area contributed by atoms with E-state index >= 15 is 0 Å². The van der Waals surface area contributed by atoms with Crippen LogP contribution in [0.5, 0.6) is 0 Å². The highest BCUT2D eigenvalue weighted by Gasteiger charge is 2.11. The summed E-state index contributed by atoms with van der Waals surface area (Å²) in [7, 11) is 0. The van der Waals surface area contributed by atoms with E-state index in [1.54, 1.807) is 17.6 Å². The van der Waals surface area contributed by atoms with Crippen molar-refractivity contribution in [1.82, 2.24) is 9.97 Å². The van der Waals surface area contributed by atoms with Crippen LogP contribution in [0.3, 0.4) is 0 Å². The van der Waals surface area contributed by atoms with Gasteiger partial charge in [0, 0.05) is 22.8 Å². The minimum atomic E-state index is -0.0631. The second-order valence-electron chi connectivity index (χ2n) is 3.27. The van der Waals surface area contributed by atoms with Gasteiger partial charge in [0.15, 0.2) is 0 Å². The first kappa shape index (κ1) is 9.98. The summed E-state index contributed by atoms with van der Waals surface area (Å²) < 4.78 is 0. The number of thiazole rings is 1. The molecule has 4 heteroatoms. The molecule has 3 nitrogen and oxygen atoms in total. The molecule has 0 saturated carbocycles. The molecule has 0 atom stereocenters. The molecule has 0 aliphatic heterocycles. The number of hydrogen-bond acceptors (Lipinski definition) is 4. The Labute approximate surface area is 91.8 Å². The van der Waals surface area contributed by atoms with Gasteiger partial charge in [-0.15, -0.1) is 11.3 Å². The highest BCUT2D eigenvalue weighted by atomic mass is 32.1. The smallest absolute Gasteiger partial charge is 0.213 e. The number of ketones is 1. The van der Waals surface area contributed by atoms with E-state index in [0.717, 1.165) is 10.7 Å². The summed E-state index contributed by atoms with van der Waals surface area (Å²) >= 11 is 1.48. The maximum atomic E-state index is 11.9. The molecule has 0 amide bonds. The van der Waals surface area contributed by atoms with Crippen molar-refractivity contribution in [3.8, 4) is 0 Å². The average molecular weight is 218 g/mol. The molecule has 76 valence electrons. The quantitative estimate of drug-likeness (QED) is 0.727. The van der Waals surface area contributed by atoms with Crippen molar-refractivity contribution in [1.29, 1.82) is 0 Å². The Balaban J connectivity index is 2.32. The van der Waals surface area contributed by atoms with Crippen LogP contribution in [0.15, 0.2) is 23.7 Å². The van der Waals surface area contributed by atoms with Gasteiger partial charge in [-0.25, -0.2) is 4.98 Å². The third-order valence-corrected chi connectivity index (χ3v) is 2.80. The average Bonchev–Trinajstić information content (AvgIpc) is 2.65. The van der Waals surface area contributed by atoms with Crippen LogP contribution in [-0.2, 0) is 0 Å². The van der Waals surface area contributed by atoms with E-state index in [1.165, 1.54) is 11.3 Å². The Bertz CT molecular complexity index is 488. The fraction of sp³-hybridized carbons (Fsp3) is 0.182. The molecule has 0 bridgehead atoms. The van der Waals surface area contributed by atoms with Crippen molar-refractivity contribution in [2.45, 2.75) is 13.8 Å². The standard InChI is InChI=1S/C11H10N2OS/c1-7-3-4-9(5-12-7)11(14)10-6-15-8(2)13-10/h3-6H,1-2H3. The van der Waals surface area contributed by atoms with Gasteiger partial charge in [-0.3, -0.25) is 9.78 Å². The summed E-state index contributed by atoms with van der Waals surface area (Å²) in [4.78, 5) is 20.1. The lowest BCUT2D eigenvalue weighted by Gasteiger charge is -1.97. The number of aryl methyl sites for hydroxylation is 2. The fourth-order valence-corrected chi connectivity index (χ4v) is 1.81. The van der Waals surface area contributed by atoms with E-state index in [1.807, 2.05) is 19.9 Å². The summed E-state index contributed by atoms with van der Waals surface area (Å²) in [6.45, 7) is 3.77. The van der Waals surface area contributed by atoms with Crippen molar-refractivity contribution in [3.05, 3.63) is 45.7 Å². The van der Waals surface area contributed by atoms with Crippen molar-refractivity contribution >= 4 is 17.1 Å². The highest BCUT2D eigenvalue weighted by molar-refractivity contribution is 7.09. The zero-order chi connectivity index (χ0) is 10.8. The van der Waals surface area contributed by atoms with Gasteiger partial charge < -0.3 is 0 Å². The lowest BCUT2D eigenvalue weighted by Crippen LogP contribution is -2.02. The number of nitrogens with zero attached hydrogens (tertiary/aromatic N) is 2. The number of pyridine rings is 1. The van der Waals surface area contributed by atoms with Gasteiger partial charge in [0.1, 0.15) is 5.69 Å². The predicted octanol–water partition coefficient (Wildman–Crippen LogP) is 2.39. The van der Waals surface area contributed by atoms with Crippen LogP contribution < -0.4 is 0 Å². The molecule has 0 aliphatic rings. The largest absolute Gasteiger partial charge is 0.287 e. The Morgan fingerprint density at radius 1 is 1.33 bits per heavy atom. The van der Waals surface area contributed by atoms with E-state index < -0.39 is 0 Å². The van der Waals surface area contributed by atoms with Crippen LogP contribution in [0.4, 0.5) is 0 Å². The number of carbonyl (C=O) groups is 1. The van der Waals surface area contributed by atoms with Gasteiger partial charge in [-0.05, 0) is 26.0 Å². The molecule has 2 aromatic heterocycles. The van der Waals surface area contributed by atoms with Gasteiger partial charge in [0.05, 0.1) is 5.01 Å². The zero-order valence-corrected chi connectivity index (χ0v) is 9.34. The molecular formula is C11H10N2OS. The molecule has 0 aliphatic carbocycles. The van der Waals surface area contributed by atoms with E-state index in [-0.39, 0.29) is 5.78 Å². The minimum Gasteiger partial charge on any atom is -0.287 e.